The van der Waals surface area contributed by atoms with Gasteiger partial charge in [0, 0.05) is 25.2 Å². The molecule has 1 unspecified atom stereocenters. The second-order valence-electron chi connectivity index (χ2n) is 7.62. The van der Waals surface area contributed by atoms with Crippen LogP contribution in [0.5, 0.6) is 0 Å². The summed E-state index contributed by atoms with van der Waals surface area (Å²) in [6, 6.07) is 1.84. The van der Waals surface area contributed by atoms with Gasteiger partial charge in [-0.25, -0.2) is 28.5 Å². The second kappa shape index (κ2) is 9.03. The molecule has 0 saturated carbocycles. The Balaban J connectivity index is 2.14. The summed E-state index contributed by atoms with van der Waals surface area (Å²) < 4.78 is 102. The second-order valence-corrected chi connectivity index (χ2v) is 10.0. The van der Waals surface area contributed by atoms with Crippen molar-refractivity contribution in [2.45, 2.75) is 24.3 Å². The zero-order valence-electron chi connectivity index (χ0n) is 19.5. The summed E-state index contributed by atoms with van der Waals surface area (Å²) in [5.74, 6) is -4.50. The Morgan fingerprint density at radius 1 is 1.13 bits per heavy atom. The number of pyridine rings is 1. The molecule has 18 heteroatoms. The van der Waals surface area contributed by atoms with Crippen LogP contribution in [0.25, 0.3) is 28.2 Å². The van der Waals surface area contributed by atoms with Crippen molar-refractivity contribution in [1.82, 2.24) is 29.1 Å². The maximum atomic E-state index is 13.7. The molecule has 11 nitrogen and oxygen atoms in total. The molecule has 4 rings (SSSR count). The number of imidazole rings is 1. The summed E-state index contributed by atoms with van der Waals surface area (Å²) in [5.41, 5.74) is -2.36. The number of aromatic nitrogens is 6. The summed E-state index contributed by atoms with van der Waals surface area (Å²) >= 11 is 0. The summed E-state index contributed by atoms with van der Waals surface area (Å²) in [6.45, 7) is 1.18. The highest BCUT2D eigenvalue weighted by Gasteiger charge is 2.41. The molecule has 4 aromatic rings. The minimum Gasteiger partial charge on any atom is -0.464 e. The van der Waals surface area contributed by atoms with E-state index in [-0.39, 0.29) is 33.9 Å². The lowest BCUT2D eigenvalue weighted by Crippen LogP contribution is -2.23. The Bertz CT molecular complexity index is 1730. The quantitative estimate of drug-likeness (QED) is 0.273. The molecule has 202 valence electrons. The van der Waals surface area contributed by atoms with Gasteiger partial charge < -0.3 is 9.30 Å². The number of carbonyl (C=O) groups excluding carboxylic acids is 2. The first-order valence-corrected chi connectivity index (χ1v) is 12.0. The van der Waals surface area contributed by atoms with Crippen LogP contribution in [0.15, 0.2) is 33.9 Å². The van der Waals surface area contributed by atoms with E-state index >= 15 is 0 Å². The highest BCUT2D eigenvalue weighted by atomic mass is 32.2. The largest absolute Gasteiger partial charge is 0.474 e. The Morgan fingerprint density at radius 2 is 1.82 bits per heavy atom. The van der Waals surface area contributed by atoms with Gasteiger partial charge in [0.1, 0.15) is 21.1 Å². The molecule has 0 spiro atoms. The number of hydrogen-bond donors (Lipinski definition) is 0. The molecule has 0 radical (unpaired) electrons. The van der Waals surface area contributed by atoms with E-state index in [1.807, 2.05) is 0 Å². The highest BCUT2D eigenvalue weighted by molar-refractivity contribution is 7.94. The van der Waals surface area contributed by atoms with E-state index in [0.717, 1.165) is 23.9 Å². The number of ether oxygens (including phenoxy) is 1. The van der Waals surface area contributed by atoms with Crippen molar-refractivity contribution in [2.24, 2.45) is 11.4 Å². The molecule has 0 N–H and O–H groups in total. The lowest BCUT2D eigenvalue weighted by atomic mass is 10.2. The minimum atomic E-state index is -5.46. The van der Waals surface area contributed by atoms with Crippen molar-refractivity contribution < 1.29 is 44.9 Å². The fourth-order valence-electron chi connectivity index (χ4n) is 3.49. The standard InChI is InChI=1S/C20H15F6N7O4S/c1-4-38(36,31-18(35)20(24,25)26)16-12(14-27-6-5-11(17(34)37-3)33(14)30-16)15-29-10-7-9(19(21,22)23)8-28-13(10)32(15)2/h5-8H,4H2,1-3H3. The lowest BCUT2D eigenvalue weighted by Gasteiger charge is -2.08. The molecule has 0 fully saturated rings. The van der Waals surface area contributed by atoms with Gasteiger partial charge in [-0.15, -0.1) is 4.36 Å². The van der Waals surface area contributed by atoms with Gasteiger partial charge in [0.2, 0.25) is 0 Å². The number of nitrogens with zero attached hydrogens (tertiary/aromatic N) is 7. The average Bonchev–Trinajstić information content (AvgIpc) is 3.39. The van der Waals surface area contributed by atoms with Gasteiger partial charge in [0.15, 0.2) is 22.0 Å². The summed E-state index contributed by atoms with van der Waals surface area (Å²) in [5, 5.41) is 3.32. The van der Waals surface area contributed by atoms with Crippen LogP contribution in [0, 0.1) is 0 Å². The molecule has 1 amide bonds. The number of amides is 1. The number of esters is 1. The first-order valence-electron chi connectivity index (χ1n) is 10.3. The van der Waals surface area contributed by atoms with Gasteiger partial charge in [0.25, 0.3) is 0 Å². The zero-order valence-corrected chi connectivity index (χ0v) is 20.3. The van der Waals surface area contributed by atoms with E-state index in [2.05, 4.69) is 29.2 Å². The fraction of sp³-hybridized carbons (Fsp3) is 0.300. The Kier molecular flexibility index (Phi) is 6.41. The summed E-state index contributed by atoms with van der Waals surface area (Å²) in [4.78, 5) is 36.0. The van der Waals surface area contributed by atoms with Crippen LogP contribution < -0.4 is 0 Å². The molecule has 0 aliphatic rings. The third kappa shape index (κ3) is 4.44. The van der Waals surface area contributed by atoms with Gasteiger partial charge in [0.05, 0.1) is 18.2 Å². The first-order chi connectivity index (χ1) is 17.6. The highest BCUT2D eigenvalue weighted by Crippen LogP contribution is 2.36. The molecule has 0 aliphatic heterocycles. The monoisotopic (exact) mass is 563 g/mol. The van der Waals surface area contributed by atoms with Crippen molar-refractivity contribution in [3.63, 3.8) is 0 Å². The SMILES string of the molecule is CCS(=O)(=NC(=O)C(F)(F)F)c1nn2c(C(=O)OC)ccnc2c1-c1nc2cc(C(F)(F)F)cnc2n1C. The molecule has 38 heavy (non-hydrogen) atoms. The number of hydrogen-bond acceptors (Lipinski definition) is 8. The van der Waals surface area contributed by atoms with Crippen molar-refractivity contribution in [3.05, 3.63) is 35.8 Å². The van der Waals surface area contributed by atoms with Crippen molar-refractivity contribution in [1.29, 1.82) is 0 Å². The van der Waals surface area contributed by atoms with Gasteiger partial charge in [-0.2, -0.15) is 31.4 Å². The van der Waals surface area contributed by atoms with Crippen molar-refractivity contribution in [2.75, 3.05) is 12.9 Å². The molecule has 4 aromatic heterocycles. The fourth-order valence-corrected chi connectivity index (χ4v) is 5.06. The Labute approximate surface area is 208 Å². The number of rotatable bonds is 4. The lowest BCUT2D eigenvalue weighted by molar-refractivity contribution is -0.169. The summed E-state index contributed by atoms with van der Waals surface area (Å²) in [7, 11) is -1.91. The molecule has 0 bridgehead atoms. The number of alkyl halides is 6. The van der Waals surface area contributed by atoms with E-state index in [0.29, 0.717) is 12.3 Å². The average molecular weight is 563 g/mol. The van der Waals surface area contributed by atoms with Crippen LogP contribution in [0.2, 0.25) is 0 Å². The van der Waals surface area contributed by atoms with Crippen LogP contribution in [-0.2, 0) is 32.5 Å². The number of methoxy groups -OCH3 is 1. The van der Waals surface area contributed by atoms with Gasteiger partial charge in [-0.05, 0) is 12.1 Å². The summed E-state index contributed by atoms with van der Waals surface area (Å²) in [6.07, 6.45) is -8.53. The van der Waals surface area contributed by atoms with Crippen molar-refractivity contribution in [3.8, 4) is 11.4 Å². The smallest absolute Gasteiger partial charge is 0.464 e. The molecule has 4 heterocycles. The van der Waals surface area contributed by atoms with Crippen molar-refractivity contribution >= 4 is 38.4 Å². The number of halogens is 6. The number of aryl methyl sites for hydroxylation is 1. The normalized spacial score (nSPS) is 14.0. The third-order valence-electron chi connectivity index (χ3n) is 5.31. The van der Waals surface area contributed by atoms with Crippen LogP contribution in [0.1, 0.15) is 23.0 Å². The predicted molar refractivity (Wildman–Crippen MR) is 117 cm³/mol. The van der Waals surface area contributed by atoms with E-state index in [1.165, 1.54) is 18.5 Å². The number of fused-ring (bicyclic) bond motifs is 2. The number of carbonyl (C=O) groups is 2. The first kappa shape index (κ1) is 27.0. The molecule has 0 aromatic carbocycles. The van der Waals surface area contributed by atoms with E-state index in [1.54, 1.807) is 0 Å². The van der Waals surface area contributed by atoms with Gasteiger partial charge in [-0.1, -0.05) is 6.92 Å². The van der Waals surface area contributed by atoms with E-state index in [9.17, 15) is 40.1 Å². The van der Waals surface area contributed by atoms with E-state index in [4.69, 9.17) is 0 Å². The maximum absolute atomic E-state index is 13.7. The Morgan fingerprint density at radius 3 is 2.39 bits per heavy atom. The molecule has 1 atom stereocenters. The van der Waals surface area contributed by atoms with Crippen LogP contribution in [0.4, 0.5) is 26.3 Å². The molecular weight excluding hydrogens is 548 g/mol. The van der Waals surface area contributed by atoms with Crippen LogP contribution in [-0.4, -0.2) is 64.3 Å². The maximum Gasteiger partial charge on any atom is 0.474 e. The molecule has 0 aliphatic carbocycles. The predicted octanol–water partition coefficient (Wildman–Crippen LogP) is 3.42. The molecule has 0 saturated heterocycles. The zero-order chi connectivity index (χ0) is 28.2. The third-order valence-corrected chi connectivity index (χ3v) is 7.44. The van der Waals surface area contributed by atoms with Gasteiger partial charge >= 0.3 is 24.2 Å². The van der Waals surface area contributed by atoms with Gasteiger partial charge in [-0.3, -0.25) is 4.79 Å². The van der Waals surface area contributed by atoms with Crippen LogP contribution in [0.3, 0.4) is 0 Å². The van der Waals surface area contributed by atoms with Crippen LogP contribution >= 0.6 is 0 Å². The Hall–Kier alpha value is -4.09. The van der Waals surface area contributed by atoms with E-state index < -0.39 is 50.3 Å². The topological polar surface area (TPSA) is 134 Å². The minimum absolute atomic E-state index is 0.0753. The molecular formula is C20H15F6N7O4S.